The number of rotatable bonds is 6. The molecule has 10 heteroatoms. The minimum Gasteiger partial charge on any atom is -0.409 e. The van der Waals surface area contributed by atoms with Crippen molar-refractivity contribution in [1.82, 2.24) is 30.1 Å². The summed E-state index contributed by atoms with van der Waals surface area (Å²) in [5.74, 6) is 1.36. The molecular formula is C25H24N6O3S. The molecule has 0 amide bonds. The number of hydrogen-bond acceptors (Lipinski definition) is 9. The summed E-state index contributed by atoms with van der Waals surface area (Å²) in [4.78, 5) is 17.6. The highest BCUT2D eigenvalue weighted by molar-refractivity contribution is 7.99. The van der Waals surface area contributed by atoms with Gasteiger partial charge in [0.1, 0.15) is 0 Å². The van der Waals surface area contributed by atoms with Crippen LogP contribution < -0.4 is 5.56 Å². The predicted octanol–water partition coefficient (Wildman–Crippen LogP) is 5.03. The molecule has 0 aliphatic rings. The minimum atomic E-state index is -0.209. The predicted molar refractivity (Wildman–Crippen MR) is 132 cm³/mol. The average molecular weight is 489 g/mol. The van der Waals surface area contributed by atoms with E-state index in [0.717, 1.165) is 5.56 Å². The fourth-order valence-electron chi connectivity index (χ4n) is 3.52. The van der Waals surface area contributed by atoms with Crippen molar-refractivity contribution in [2.24, 2.45) is 0 Å². The van der Waals surface area contributed by atoms with E-state index in [0.29, 0.717) is 39.9 Å². The Labute approximate surface area is 205 Å². The molecule has 0 saturated heterocycles. The Morgan fingerprint density at radius 3 is 2.43 bits per heavy atom. The summed E-state index contributed by atoms with van der Waals surface area (Å²) in [6.07, 6.45) is 0. The van der Waals surface area contributed by atoms with E-state index in [4.69, 9.17) is 8.94 Å². The SMILES string of the molecule is CC(Sc1nnc(-c2nn(Cc3ccccc3)c(=O)c3ccccc23)o1)c1nc(C(C)(C)C)no1. The van der Waals surface area contributed by atoms with Crippen LogP contribution in [-0.2, 0) is 12.0 Å². The minimum absolute atomic E-state index is 0.179. The summed E-state index contributed by atoms with van der Waals surface area (Å²) in [5, 5.41) is 18.4. The lowest BCUT2D eigenvalue weighted by Crippen LogP contribution is -2.24. The smallest absolute Gasteiger partial charge is 0.277 e. The maximum absolute atomic E-state index is 13.1. The fourth-order valence-corrected chi connectivity index (χ4v) is 4.23. The first-order valence-corrected chi connectivity index (χ1v) is 12.1. The first kappa shape index (κ1) is 23.0. The topological polar surface area (TPSA) is 113 Å². The van der Waals surface area contributed by atoms with Gasteiger partial charge in [-0.1, -0.05) is 86.2 Å². The van der Waals surface area contributed by atoms with Gasteiger partial charge in [-0.2, -0.15) is 10.1 Å². The van der Waals surface area contributed by atoms with Crippen molar-refractivity contribution in [1.29, 1.82) is 0 Å². The van der Waals surface area contributed by atoms with Gasteiger partial charge in [0.15, 0.2) is 11.5 Å². The van der Waals surface area contributed by atoms with Gasteiger partial charge < -0.3 is 8.94 Å². The monoisotopic (exact) mass is 488 g/mol. The molecule has 2 aromatic carbocycles. The summed E-state index contributed by atoms with van der Waals surface area (Å²) in [6.45, 7) is 8.34. The molecule has 5 rings (SSSR count). The lowest BCUT2D eigenvalue weighted by Gasteiger charge is -2.11. The zero-order valence-electron chi connectivity index (χ0n) is 19.8. The second-order valence-corrected chi connectivity index (χ2v) is 10.5. The van der Waals surface area contributed by atoms with Gasteiger partial charge >= 0.3 is 0 Å². The maximum atomic E-state index is 13.1. The van der Waals surface area contributed by atoms with E-state index in [2.05, 4.69) is 25.4 Å². The Morgan fingerprint density at radius 1 is 1.00 bits per heavy atom. The lowest BCUT2D eigenvalue weighted by molar-refractivity contribution is 0.363. The van der Waals surface area contributed by atoms with Crippen molar-refractivity contribution >= 4 is 22.5 Å². The highest BCUT2D eigenvalue weighted by atomic mass is 32.2. The Morgan fingerprint density at radius 2 is 1.71 bits per heavy atom. The van der Waals surface area contributed by atoms with Crippen LogP contribution in [0.5, 0.6) is 0 Å². The normalized spacial score (nSPS) is 12.8. The molecule has 35 heavy (non-hydrogen) atoms. The van der Waals surface area contributed by atoms with Crippen LogP contribution in [0, 0.1) is 0 Å². The Balaban J connectivity index is 1.47. The van der Waals surface area contributed by atoms with Crippen LogP contribution in [0.2, 0.25) is 0 Å². The summed E-state index contributed by atoms with van der Waals surface area (Å²) in [5.41, 5.74) is 1.03. The van der Waals surface area contributed by atoms with E-state index in [9.17, 15) is 4.79 Å². The quantitative estimate of drug-likeness (QED) is 0.304. The van der Waals surface area contributed by atoms with Crippen molar-refractivity contribution in [2.75, 3.05) is 0 Å². The van der Waals surface area contributed by atoms with E-state index >= 15 is 0 Å². The molecule has 0 spiro atoms. The van der Waals surface area contributed by atoms with Crippen LogP contribution in [-0.4, -0.2) is 30.1 Å². The summed E-state index contributed by atoms with van der Waals surface area (Å²) < 4.78 is 12.8. The van der Waals surface area contributed by atoms with E-state index in [1.807, 2.05) is 76.2 Å². The third-order valence-electron chi connectivity index (χ3n) is 5.39. The number of hydrogen-bond donors (Lipinski definition) is 0. The van der Waals surface area contributed by atoms with Crippen LogP contribution in [0.15, 0.2) is 73.6 Å². The third-order valence-corrected chi connectivity index (χ3v) is 6.31. The van der Waals surface area contributed by atoms with Gasteiger partial charge in [-0.15, -0.1) is 10.2 Å². The van der Waals surface area contributed by atoms with Crippen LogP contribution >= 0.6 is 11.8 Å². The molecule has 3 aromatic heterocycles. The second kappa shape index (κ2) is 9.10. The Bertz CT molecular complexity index is 1530. The van der Waals surface area contributed by atoms with Gasteiger partial charge in [0.05, 0.1) is 17.2 Å². The van der Waals surface area contributed by atoms with Crippen LogP contribution in [0.25, 0.3) is 22.4 Å². The standard InChI is InChI=1S/C25H24N6O3S/c1-15(20-26-23(30-34-20)25(2,3)4)35-24-28-27-21(33-24)19-17-12-8-9-13-18(17)22(32)31(29-19)14-16-10-6-5-7-11-16/h5-13,15H,14H2,1-4H3. The number of aromatic nitrogens is 6. The van der Waals surface area contributed by atoms with Crippen LogP contribution in [0.3, 0.4) is 0 Å². The van der Waals surface area contributed by atoms with Crippen molar-refractivity contribution in [2.45, 2.75) is 50.1 Å². The van der Waals surface area contributed by atoms with E-state index < -0.39 is 0 Å². The first-order chi connectivity index (χ1) is 16.8. The maximum Gasteiger partial charge on any atom is 0.277 e. The van der Waals surface area contributed by atoms with E-state index in [-0.39, 0.29) is 22.1 Å². The van der Waals surface area contributed by atoms with Crippen molar-refractivity contribution in [3.8, 4) is 11.6 Å². The molecule has 0 N–H and O–H groups in total. The molecule has 178 valence electrons. The van der Waals surface area contributed by atoms with Gasteiger partial charge in [-0.05, 0) is 18.6 Å². The van der Waals surface area contributed by atoms with Crippen LogP contribution in [0.4, 0.5) is 0 Å². The largest absolute Gasteiger partial charge is 0.409 e. The Hall–Kier alpha value is -3.79. The molecule has 0 radical (unpaired) electrons. The van der Waals surface area contributed by atoms with Gasteiger partial charge in [0.25, 0.3) is 16.7 Å². The lowest BCUT2D eigenvalue weighted by atomic mass is 9.96. The molecule has 0 fully saturated rings. The molecule has 1 unspecified atom stereocenters. The average Bonchev–Trinajstić information content (AvgIpc) is 3.52. The van der Waals surface area contributed by atoms with Gasteiger partial charge in [0, 0.05) is 10.8 Å². The van der Waals surface area contributed by atoms with E-state index in [1.54, 1.807) is 6.07 Å². The first-order valence-electron chi connectivity index (χ1n) is 11.2. The zero-order valence-corrected chi connectivity index (χ0v) is 20.6. The summed E-state index contributed by atoms with van der Waals surface area (Å²) in [7, 11) is 0. The van der Waals surface area contributed by atoms with Crippen molar-refractivity contribution in [3.05, 3.63) is 82.2 Å². The van der Waals surface area contributed by atoms with Gasteiger partial charge in [0.2, 0.25) is 5.89 Å². The fraction of sp³-hybridized carbons (Fsp3) is 0.280. The van der Waals surface area contributed by atoms with Crippen molar-refractivity contribution in [3.63, 3.8) is 0 Å². The van der Waals surface area contributed by atoms with Gasteiger partial charge in [-0.25, -0.2) is 4.68 Å². The highest BCUT2D eigenvalue weighted by Crippen LogP contribution is 2.35. The number of nitrogens with zero attached hydrogens (tertiary/aromatic N) is 6. The Kier molecular flexibility index (Phi) is 5.98. The molecule has 3 heterocycles. The van der Waals surface area contributed by atoms with E-state index in [1.165, 1.54) is 16.4 Å². The number of benzene rings is 2. The highest BCUT2D eigenvalue weighted by Gasteiger charge is 2.25. The third kappa shape index (κ3) is 4.74. The summed E-state index contributed by atoms with van der Waals surface area (Å²) >= 11 is 1.32. The zero-order chi connectivity index (χ0) is 24.6. The molecule has 1 atom stereocenters. The molecule has 0 aliphatic carbocycles. The van der Waals surface area contributed by atoms with Crippen molar-refractivity contribution < 1.29 is 8.94 Å². The molecule has 0 saturated carbocycles. The molecular weight excluding hydrogens is 464 g/mol. The molecule has 0 bridgehead atoms. The molecule has 0 aliphatic heterocycles. The van der Waals surface area contributed by atoms with Gasteiger partial charge in [-0.3, -0.25) is 4.79 Å². The molecule has 9 nitrogen and oxygen atoms in total. The summed E-state index contributed by atoms with van der Waals surface area (Å²) in [6, 6.07) is 17.0. The second-order valence-electron chi connectivity index (χ2n) is 9.18. The number of fused-ring (bicyclic) bond motifs is 1. The molecule has 5 aromatic rings. The number of thioether (sulfide) groups is 1. The van der Waals surface area contributed by atoms with Crippen LogP contribution in [0.1, 0.15) is 50.2 Å².